The minimum Gasteiger partial charge on any atom is -0.469 e. The molecular formula is C10H14F3NO4. The Morgan fingerprint density at radius 2 is 1.83 bits per heavy atom. The highest BCUT2D eigenvalue weighted by atomic mass is 19.4. The van der Waals surface area contributed by atoms with Crippen molar-refractivity contribution >= 4 is 12.1 Å². The summed E-state index contributed by atoms with van der Waals surface area (Å²) < 4.78 is 44.2. The van der Waals surface area contributed by atoms with Crippen molar-refractivity contribution in [2.24, 2.45) is 5.92 Å². The monoisotopic (exact) mass is 269 g/mol. The Hall–Kier alpha value is -1.47. The highest BCUT2D eigenvalue weighted by Gasteiger charge is 2.33. The largest absolute Gasteiger partial charge is 0.469 e. The number of esters is 1. The fraction of sp³-hybridized carbons (Fsp3) is 0.800. The Bertz CT molecular complexity index is 311. The number of carbonyl (C=O) groups excluding carboxylic acids is 2. The molecule has 0 bridgehead atoms. The summed E-state index contributed by atoms with van der Waals surface area (Å²) in [5.74, 6) is -0.667. The van der Waals surface area contributed by atoms with E-state index in [0.717, 1.165) is 4.90 Å². The lowest BCUT2D eigenvalue weighted by molar-refractivity contribution is -0.162. The first-order chi connectivity index (χ1) is 8.33. The zero-order valence-electron chi connectivity index (χ0n) is 9.83. The third-order valence-electron chi connectivity index (χ3n) is 2.65. The topological polar surface area (TPSA) is 55.8 Å². The van der Waals surface area contributed by atoms with E-state index in [2.05, 4.69) is 9.47 Å². The van der Waals surface area contributed by atoms with Crippen molar-refractivity contribution in [2.75, 3.05) is 26.8 Å². The van der Waals surface area contributed by atoms with Crippen molar-refractivity contribution < 1.29 is 32.2 Å². The van der Waals surface area contributed by atoms with E-state index in [0.29, 0.717) is 12.8 Å². The van der Waals surface area contributed by atoms with Crippen LogP contribution >= 0.6 is 0 Å². The summed E-state index contributed by atoms with van der Waals surface area (Å²) in [6, 6.07) is 0. The van der Waals surface area contributed by atoms with Gasteiger partial charge in [0.1, 0.15) is 0 Å². The second kappa shape index (κ2) is 5.92. The molecule has 18 heavy (non-hydrogen) atoms. The summed E-state index contributed by atoms with van der Waals surface area (Å²) in [6.07, 6.45) is -4.79. The summed E-state index contributed by atoms with van der Waals surface area (Å²) in [4.78, 5) is 23.6. The Balaban J connectivity index is 2.34. The number of nitrogens with zero attached hydrogens (tertiary/aromatic N) is 1. The molecule has 0 spiro atoms. The van der Waals surface area contributed by atoms with Crippen molar-refractivity contribution in [1.82, 2.24) is 4.90 Å². The van der Waals surface area contributed by atoms with Crippen LogP contribution in [0.15, 0.2) is 0 Å². The number of likely N-dealkylation sites (tertiary alicyclic amines) is 1. The van der Waals surface area contributed by atoms with Crippen LogP contribution in [0.5, 0.6) is 0 Å². The minimum absolute atomic E-state index is 0.191. The maximum Gasteiger partial charge on any atom is 0.422 e. The van der Waals surface area contributed by atoms with E-state index < -0.39 is 18.9 Å². The molecule has 5 nitrogen and oxygen atoms in total. The number of piperidine rings is 1. The van der Waals surface area contributed by atoms with Crippen LogP contribution in [-0.4, -0.2) is 49.9 Å². The number of halogens is 3. The molecule has 1 saturated heterocycles. The Labute approximate surface area is 102 Å². The number of hydrogen-bond acceptors (Lipinski definition) is 4. The quantitative estimate of drug-likeness (QED) is 0.714. The molecular weight excluding hydrogens is 255 g/mol. The summed E-state index contributed by atoms with van der Waals surface area (Å²) in [7, 11) is 1.27. The third-order valence-corrected chi connectivity index (χ3v) is 2.65. The average Bonchev–Trinajstić information content (AvgIpc) is 2.34. The van der Waals surface area contributed by atoms with Crippen LogP contribution in [0.3, 0.4) is 0 Å². The smallest absolute Gasteiger partial charge is 0.422 e. The maximum atomic E-state index is 11.8. The van der Waals surface area contributed by atoms with Gasteiger partial charge in [0.15, 0.2) is 6.61 Å². The second-order valence-corrected chi connectivity index (χ2v) is 3.95. The molecule has 0 N–H and O–H groups in total. The summed E-state index contributed by atoms with van der Waals surface area (Å²) in [6.45, 7) is -1.21. The van der Waals surface area contributed by atoms with E-state index in [4.69, 9.17) is 0 Å². The Morgan fingerprint density at radius 3 is 2.28 bits per heavy atom. The van der Waals surface area contributed by atoms with Gasteiger partial charge in [0.2, 0.25) is 0 Å². The molecule has 1 amide bonds. The van der Waals surface area contributed by atoms with Gasteiger partial charge in [0.25, 0.3) is 0 Å². The lowest BCUT2D eigenvalue weighted by atomic mass is 9.97. The van der Waals surface area contributed by atoms with Gasteiger partial charge in [0, 0.05) is 13.1 Å². The van der Waals surface area contributed by atoms with Crippen molar-refractivity contribution in [1.29, 1.82) is 0 Å². The molecule has 0 aromatic rings. The molecule has 0 aliphatic carbocycles. The van der Waals surface area contributed by atoms with Crippen molar-refractivity contribution in [3.8, 4) is 0 Å². The molecule has 0 atom stereocenters. The normalized spacial score (nSPS) is 17.4. The number of ether oxygens (including phenoxy) is 2. The molecule has 0 saturated carbocycles. The third kappa shape index (κ3) is 4.42. The van der Waals surface area contributed by atoms with Crippen molar-refractivity contribution in [3.63, 3.8) is 0 Å². The van der Waals surface area contributed by atoms with E-state index in [1.807, 2.05) is 0 Å². The van der Waals surface area contributed by atoms with Gasteiger partial charge < -0.3 is 14.4 Å². The van der Waals surface area contributed by atoms with Gasteiger partial charge in [-0.15, -0.1) is 0 Å². The van der Waals surface area contributed by atoms with Crippen LogP contribution < -0.4 is 0 Å². The maximum absolute atomic E-state index is 11.8. The first-order valence-corrected chi connectivity index (χ1v) is 5.40. The Morgan fingerprint density at radius 1 is 1.28 bits per heavy atom. The first-order valence-electron chi connectivity index (χ1n) is 5.40. The number of methoxy groups -OCH3 is 1. The van der Waals surface area contributed by atoms with Crippen LogP contribution in [0.4, 0.5) is 18.0 Å². The van der Waals surface area contributed by atoms with Crippen LogP contribution in [0.2, 0.25) is 0 Å². The van der Waals surface area contributed by atoms with Crippen LogP contribution in [0.25, 0.3) is 0 Å². The van der Waals surface area contributed by atoms with Crippen molar-refractivity contribution in [2.45, 2.75) is 19.0 Å². The summed E-state index contributed by atoms with van der Waals surface area (Å²) >= 11 is 0. The Kier molecular flexibility index (Phi) is 4.80. The summed E-state index contributed by atoms with van der Waals surface area (Å²) in [5, 5.41) is 0. The fourth-order valence-corrected chi connectivity index (χ4v) is 1.70. The standard InChI is InChI=1S/C10H14F3NO4/c1-17-8(15)7-2-4-14(5-3-7)9(16)18-6-10(11,12)13/h7H,2-6H2,1H3. The first kappa shape index (κ1) is 14.6. The molecule has 1 aliphatic rings. The summed E-state index contributed by atoms with van der Waals surface area (Å²) in [5.41, 5.74) is 0. The van der Waals surface area contributed by atoms with Crippen LogP contribution in [0.1, 0.15) is 12.8 Å². The zero-order valence-corrected chi connectivity index (χ0v) is 9.83. The van der Waals surface area contributed by atoms with Gasteiger partial charge >= 0.3 is 18.2 Å². The van der Waals surface area contributed by atoms with E-state index in [1.54, 1.807) is 0 Å². The highest BCUT2D eigenvalue weighted by Crippen LogP contribution is 2.20. The number of carbonyl (C=O) groups is 2. The van der Waals surface area contributed by atoms with E-state index >= 15 is 0 Å². The predicted molar refractivity (Wildman–Crippen MR) is 53.7 cm³/mol. The number of rotatable bonds is 2. The number of amides is 1. The number of hydrogen-bond donors (Lipinski definition) is 0. The van der Waals surface area contributed by atoms with Gasteiger partial charge in [0.05, 0.1) is 13.0 Å². The van der Waals surface area contributed by atoms with Crippen LogP contribution in [0, 0.1) is 5.92 Å². The van der Waals surface area contributed by atoms with Gasteiger partial charge in [-0.25, -0.2) is 4.79 Å². The lowest BCUT2D eigenvalue weighted by Crippen LogP contribution is -2.41. The predicted octanol–water partition coefficient (Wildman–Crippen LogP) is 1.57. The molecule has 0 aromatic carbocycles. The molecule has 0 aromatic heterocycles. The van der Waals surface area contributed by atoms with Gasteiger partial charge in [-0.1, -0.05) is 0 Å². The van der Waals surface area contributed by atoms with Gasteiger partial charge in [-0.3, -0.25) is 4.79 Å². The SMILES string of the molecule is COC(=O)C1CCN(C(=O)OCC(F)(F)F)CC1. The highest BCUT2D eigenvalue weighted by molar-refractivity contribution is 5.73. The number of alkyl halides is 3. The van der Waals surface area contributed by atoms with E-state index in [1.165, 1.54) is 7.11 Å². The minimum atomic E-state index is -4.53. The van der Waals surface area contributed by atoms with Crippen LogP contribution in [-0.2, 0) is 14.3 Å². The van der Waals surface area contributed by atoms with E-state index in [9.17, 15) is 22.8 Å². The molecule has 8 heteroatoms. The molecule has 0 radical (unpaired) electrons. The zero-order chi connectivity index (χ0) is 13.8. The van der Waals surface area contributed by atoms with E-state index in [-0.39, 0.29) is 25.0 Å². The molecule has 1 rings (SSSR count). The molecule has 1 aliphatic heterocycles. The molecule has 104 valence electrons. The second-order valence-electron chi connectivity index (χ2n) is 3.95. The molecule has 1 fully saturated rings. The van der Waals surface area contributed by atoms with Crippen molar-refractivity contribution in [3.05, 3.63) is 0 Å². The van der Waals surface area contributed by atoms with Gasteiger partial charge in [-0.2, -0.15) is 13.2 Å². The molecule has 0 unspecified atom stereocenters. The van der Waals surface area contributed by atoms with Gasteiger partial charge in [-0.05, 0) is 12.8 Å². The fourth-order valence-electron chi connectivity index (χ4n) is 1.70. The lowest BCUT2D eigenvalue weighted by Gasteiger charge is -2.29. The average molecular weight is 269 g/mol. The molecule has 1 heterocycles.